The molecule has 0 aromatic rings. The van der Waals surface area contributed by atoms with Crippen LogP contribution in [0.3, 0.4) is 0 Å². The number of esters is 1. The number of ether oxygens (including phenoxy) is 1. The van der Waals surface area contributed by atoms with E-state index in [-0.39, 0.29) is 35.8 Å². The van der Waals surface area contributed by atoms with E-state index < -0.39 is 21.3 Å². The molecule has 2 saturated heterocycles. The molecule has 0 radical (unpaired) electrons. The van der Waals surface area contributed by atoms with E-state index in [1.54, 1.807) is 6.92 Å². The highest BCUT2D eigenvalue weighted by Gasteiger charge is 2.38. The summed E-state index contributed by atoms with van der Waals surface area (Å²) in [6.45, 7) is 3.90. The highest BCUT2D eigenvalue weighted by molar-refractivity contribution is 7.91. The van der Waals surface area contributed by atoms with Crippen LogP contribution in [0.1, 0.15) is 19.8 Å². The van der Waals surface area contributed by atoms with Crippen LogP contribution in [0.2, 0.25) is 0 Å². The summed E-state index contributed by atoms with van der Waals surface area (Å²) < 4.78 is 28.0. The van der Waals surface area contributed by atoms with E-state index in [0.29, 0.717) is 19.4 Å². The standard InChI is InChI=1S/C14H23ClN2O5S/c1-2-22-14(19)10-3-5-17(6-4-10)7-13(18)16-12-9-23(20,21)8-11(12)15/h10-12H,2-9H2,1H3,(H,16,18)/p+1/t11-,12-/m1/s1. The van der Waals surface area contributed by atoms with E-state index in [9.17, 15) is 18.0 Å². The third kappa shape index (κ3) is 5.32. The van der Waals surface area contributed by atoms with Crippen molar-refractivity contribution in [3.05, 3.63) is 0 Å². The number of hydrogen-bond acceptors (Lipinski definition) is 5. The molecule has 2 heterocycles. The summed E-state index contributed by atoms with van der Waals surface area (Å²) in [7, 11) is -3.15. The van der Waals surface area contributed by atoms with E-state index in [4.69, 9.17) is 16.3 Å². The van der Waals surface area contributed by atoms with E-state index in [0.717, 1.165) is 18.0 Å². The number of halogens is 1. The minimum absolute atomic E-state index is 0.0750. The van der Waals surface area contributed by atoms with Crippen molar-refractivity contribution in [2.75, 3.05) is 37.7 Å². The van der Waals surface area contributed by atoms with Crippen molar-refractivity contribution in [1.82, 2.24) is 5.32 Å². The van der Waals surface area contributed by atoms with Gasteiger partial charge in [-0.2, -0.15) is 0 Å². The summed E-state index contributed by atoms with van der Waals surface area (Å²) >= 11 is 5.98. The van der Waals surface area contributed by atoms with Gasteiger partial charge in [-0.1, -0.05) is 0 Å². The van der Waals surface area contributed by atoms with Gasteiger partial charge in [0.2, 0.25) is 0 Å². The second kappa shape index (κ2) is 7.81. The lowest BCUT2D eigenvalue weighted by Crippen LogP contribution is -3.14. The SMILES string of the molecule is CCOC(=O)C1CC[NH+](CC(=O)N[C@@H]2CS(=O)(=O)C[C@H]2Cl)CC1. The van der Waals surface area contributed by atoms with Crippen LogP contribution < -0.4 is 10.2 Å². The second-order valence-electron chi connectivity index (χ2n) is 6.22. The maximum Gasteiger partial charge on any atom is 0.309 e. The van der Waals surface area contributed by atoms with Crippen LogP contribution in [0.4, 0.5) is 0 Å². The zero-order valence-electron chi connectivity index (χ0n) is 13.2. The van der Waals surface area contributed by atoms with Gasteiger partial charge in [0.15, 0.2) is 16.4 Å². The number of piperidine rings is 1. The molecular formula is C14H24ClN2O5S+. The molecule has 0 saturated carbocycles. The molecule has 2 atom stereocenters. The molecule has 1 amide bonds. The molecule has 9 heteroatoms. The van der Waals surface area contributed by atoms with E-state index in [1.165, 1.54) is 0 Å². The van der Waals surface area contributed by atoms with Gasteiger partial charge in [0.25, 0.3) is 5.91 Å². The lowest BCUT2D eigenvalue weighted by molar-refractivity contribution is -0.897. The Morgan fingerprint density at radius 1 is 1.26 bits per heavy atom. The summed E-state index contributed by atoms with van der Waals surface area (Å²) in [5.41, 5.74) is 0. The predicted octanol–water partition coefficient (Wildman–Crippen LogP) is -1.63. The molecule has 0 aliphatic carbocycles. The summed E-state index contributed by atoms with van der Waals surface area (Å²) in [5.74, 6) is -0.599. The summed E-state index contributed by atoms with van der Waals surface area (Å²) in [6.07, 6.45) is 1.41. The Balaban J connectivity index is 1.74. The lowest BCUT2D eigenvalue weighted by Gasteiger charge is -2.28. The van der Waals surface area contributed by atoms with Crippen molar-refractivity contribution in [3.8, 4) is 0 Å². The number of amides is 1. The zero-order valence-corrected chi connectivity index (χ0v) is 14.8. The smallest absolute Gasteiger partial charge is 0.309 e. The first-order chi connectivity index (χ1) is 10.8. The third-order valence-corrected chi connectivity index (χ3v) is 6.73. The normalized spacial score (nSPS) is 33.1. The topological polar surface area (TPSA) is 94.0 Å². The zero-order chi connectivity index (χ0) is 17.0. The highest BCUT2D eigenvalue weighted by Crippen LogP contribution is 2.17. The molecule has 0 bridgehead atoms. The monoisotopic (exact) mass is 367 g/mol. The van der Waals surface area contributed by atoms with Gasteiger partial charge in [0.05, 0.1) is 48.5 Å². The molecule has 0 aromatic heterocycles. The van der Waals surface area contributed by atoms with Crippen molar-refractivity contribution in [2.24, 2.45) is 5.92 Å². The van der Waals surface area contributed by atoms with Crippen LogP contribution in [-0.4, -0.2) is 69.5 Å². The Morgan fingerprint density at radius 3 is 2.43 bits per heavy atom. The van der Waals surface area contributed by atoms with Crippen LogP contribution >= 0.6 is 11.6 Å². The number of rotatable bonds is 5. The van der Waals surface area contributed by atoms with E-state index in [2.05, 4.69) is 5.32 Å². The number of nitrogens with one attached hydrogen (secondary N) is 2. The molecule has 0 aromatic carbocycles. The van der Waals surface area contributed by atoms with Gasteiger partial charge in [-0.25, -0.2) is 8.42 Å². The third-order valence-electron chi connectivity index (χ3n) is 4.35. The Kier molecular flexibility index (Phi) is 6.27. The van der Waals surface area contributed by atoms with Gasteiger partial charge in [0, 0.05) is 12.8 Å². The maximum absolute atomic E-state index is 12.1. The molecule has 23 heavy (non-hydrogen) atoms. The lowest BCUT2D eigenvalue weighted by atomic mass is 9.97. The molecule has 0 spiro atoms. The summed E-state index contributed by atoms with van der Waals surface area (Å²) in [5, 5.41) is 2.16. The van der Waals surface area contributed by atoms with Gasteiger partial charge in [-0.3, -0.25) is 9.59 Å². The van der Waals surface area contributed by atoms with E-state index >= 15 is 0 Å². The molecule has 132 valence electrons. The summed E-state index contributed by atoms with van der Waals surface area (Å²) in [6, 6.07) is -0.509. The average Bonchev–Trinajstić information content (AvgIpc) is 2.72. The van der Waals surface area contributed by atoms with Gasteiger partial charge in [-0.15, -0.1) is 11.6 Å². The summed E-state index contributed by atoms with van der Waals surface area (Å²) in [4.78, 5) is 24.8. The number of carbonyl (C=O) groups is 2. The van der Waals surface area contributed by atoms with Crippen molar-refractivity contribution < 1.29 is 27.6 Å². The number of carbonyl (C=O) groups excluding carboxylic acids is 2. The Morgan fingerprint density at radius 2 is 1.91 bits per heavy atom. The van der Waals surface area contributed by atoms with Gasteiger partial charge < -0.3 is 15.0 Å². The van der Waals surface area contributed by atoms with Crippen molar-refractivity contribution in [3.63, 3.8) is 0 Å². The maximum atomic E-state index is 12.1. The predicted molar refractivity (Wildman–Crippen MR) is 85.1 cm³/mol. The number of sulfone groups is 1. The highest BCUT2D eigenvalue weighted by atomic mass is 35.5. The van der Waals surface area contributed by atoms with Gasteiger partial charge in [-0.05, 0) is 6.92 Å². The fourth-order valence-corrected chi connectivity index (χ4v) is 5.67. The second-order valence-corrected chi connectivity index (χ2v) is 8.93. The Hall–Kier alpha value is -0.860. The average molecular weight is 368 g/mol. The molecule has 2 fully saturated rings. The minimum atomic E-state index is -3.15. The van der Waals surface area contributed by atoms with Crippen molar-refractivity contribution in [2.45, 2.75) is 31.2 Å². The van der Waals surface area contributed by atoms with Crippen molar-refractivity contribution >= 4 is 33.3 Å². The number of quaternary nitrogens is 1. The van der Waals surface area contributed by atoms with Crippen LogP contribution in [0.15, 0.2) is 0 Å². The minimum Gasteiger partial charge on any atom is -0.466 e. The molecule has 2 aliphatic heterocycles. The molecule has 2 N–H and O–H groups in total. The number of likely N-dealkylation sites (tertiary alicyclic amines) is 1. The first-order valence-corrected chi connectivity index (χ1v) is 10.2. The van der Waals surface area contributed by atoms with Crippen LogP contribution in [0, 0.1) is 5.92 Å². The van der Waals surface area contributed by atoms with Crippen LogP contribution in [0.25, 0.3) is 0 Å². The Bertz CT molecular complexity index is 545. The fourth-order valence-electron chi connectivity index (χ4n) is 3.12. The number of alkyl halides is 1. The fraction of sp³-hybridized carbons (Fsp3) is 0.857. The first-order valence-electron chi connectivity index (χ1n) is 7.94. The molecule has 0 unspecified atom stereocenters. The van der Waals surface area contributed by atoms with Crippen LogP contribution in [-0.2, 0) is 24.2 Å². The molecule has 2 aliphatic rings. The van der Waals surface area contributed by atoms with Gasteiger partial charge in [0.1, 0.15) is 0 Å². The molecular weight excluding hydrogens is 344 g/mol. The van der Waals surface area contributed by atoms with Crippen LogP contribution in [0.5, 0.6) is 0 Å². The first kappa shape index (κ1) is 18.5. The Labute approximate surface area is 141 Å². The largest absolute Gasteiger partial charge is 0.466 e. The molecule has 7 nitrogen and oxygen atoms in total. The number of hydrogen-bond donors (Lipinski definition) is 2. The van der Waals surface area contributed by atoms with Crippen molar-refractivity contribution in [1.29, 1.82) is 0 Å². The quantitative estimate of drug-likeness (QED) is 0.449. The van der Waals surface area contributed by atoms with E-state index in [1.807, 2.05) is 0 Å². The van der Waals surface area contributed by atoms with Gasteiger partial charge >= 0.3 is 5.97 Å². The molecule has 2 rings (SSSR count).